The minimum absolute atomic E-state index is 0.181. The standard InChI is InChI=1S/C12H13N3O/c1-7-5-8-3-4-9(15-14-2)12(13)11(8)10(16)6-7/h3-6,16H,13H2,1-2H3. The Morgan fingerprint density at radius 2 is 2.00 bits per heavy atom. The summed E-state index contributed by atoms with van der Waals surface area (Å²) < 4.78 is 0. The van der Waals surface area contributed by atoms with Crippen LogP contribution in [0.25, 0.3) is 10.8 Å². The van der Waals surface area contributed by atoms with Gasteiger partial charge in [-0.1, -0.05) is 12.1 Å². The number of aromatic hydroxyl groups is 1. The average Bonchev–Trinajstić information content (AvgIpc) is 2.21. The van der Waals surface area contributed by atoms with Crippen LogP contribution in [0.2, 0.25) is 0 Å². The third kappa shape index (κ3) is 1.58. The van der Waals surface area contributed by atoms with Gasteiger partial charge < -0.3 is 10.8 Å². The number of nitrogen functional groups attached to an aromatic ring is 1. The van der Waals surface area contributed by atoms with Crippen molar-refractivity contribution < 1.29 is 5.11 Å². The summed E-state index contributed by atoms with van der Waals surface area (Å²) in [6.45, 7) is 1.93. The lowest BCUT2D eigenvalue weighted by molar-refractivity contribution is 0.481. The maximum absolute atomic E-state index is 9.87. The van der Waals surface area contributed by atoms with Gasteiger partial charge in [0.15, 0.2) is 0 Å². The molecule has 82 valence electrons. The van der Waals surface area contributed by atoms with E-state index in [4.69, 9.17) is 5.73 Å². The highest BCUT2D eigenvalue weighted by Gasteiger charge is 2.08. The van der Waals surface area contributed by atoms with Gasteiger partial charge in [0, 0.05) is 12.4 Å². The number of nitrogens with zero attached hydrogens (tertiary/aromatic N) is 2. The van der Waals surface area contributed by atoms with Crippen molar-refractivity contribution in [2.45, 2.75) is 6.92 Å². The third-order valence-corrected chi connectivity index (χ3v) is 2.47. The number of benzene rings is 2. The molecule has 16 heavy (non-hydrogen) atoms. The Balaban J connectivity index is 2.83. The molecule has 0 aliphatic rings. The van der Waals surface area contributed by atoms with Crippen molar-refractivity contribution >= 4 is 22.1 Å². The highest BCUT2D eigenvalue weighted by Crippen LogP contribution is 2.37. The Labute approximate surface area is 93.4 Å². The number of hydrogen-bond donors (Lipinski definition) is 2. The molecule has 0 saturated heterocycles. The smallest absolute Gasteiger partial charge is 0.125 e. The summed E-state index contributed by atoms with van der Waals surface area (Å²) in [4.78, 5) is 0. The Kier molecular flexibility index (Phi) is 2.48. The van der Waals surface area contributed by atoms with Gasteiger partial charge in [0.25, 0.3) is 0 Å². The molecule has 0 aliphatic carbocycles. The van der Waals surface area contributed by atoms with E-state index in [0.717, 1.165) is 10.9 Å². The quantitative estimate of drug-likeness (QED) is 0.566. The Hall–Kier alpha value is -2.10. The van der Waals surface area contributed by atoms with Crippen molar-refractivity contribution in [1.82, 2.24) is 0 Å². The number of nitrogens with two attached hydrogens (primary N) is 1. The molecule has 2 aromatic carbocycles. The van der Waals surface area contributed by atoms with Gasteiger partial charge in [0.05, 0.1) is 5.69 Å². The SMILES string of the molecule is CN=Nc1ccc2cc(C)cc(O)c2c1N. The fourth-order valence-corrected chi connectivity index (χ4v) is 1.80. The molecule has 0 radical (unpaired) electrons. The summed E-state index contributed by atoms with van der Waals surface area (Å²) in [5.74, 6) is 0.181. The van der Waals surface area contributed by atoms with Gasteiger partial charge in [0.2, 0.25) is 0 Å². The summed E-state index contributed by atoms with van der Waals surface area (Å²) >= 11 is 0. The summed E-state index contributed by atoms with van der Waals surface area (Å²) in [6.07, 6.45) is 0. The summed E-state index contributed by atoms with van der Waals surface area (Å²) in [7, 11) is 1.58. The maximum atomic E-state index is 9.87. The second-order valence-corrected chi connectivity index (χ2v) is 3.68. The fourth-order valence-electron chi connectivity index (χ4n) is 1.80. The van der Waals surface area contributed by atoms with Crippen LogP contribution in [-0.4, -0.2) is 12.2 Å². The Morgan fingerprint density at radius 1 is 1.25 bits per heavy atom. The molecule has 0 atom stereocenters. The molecule has 0 heterocycles. The predicted octanol–water partition coefficient (Wildman–Crippen LogP) is 3.15. The number of azo groups is 1. The monoisotopic (exact) mass is 215 g/mol. The van der Waals surface area contributed by atoms with E-state index in [2.05, 4.69) is 10.2 Å². The molecule has 0 unspecified atom stereocenters. The number of anilines is 1. The minimum atomic E-state index is 0.181. The predicted molar refractivity (Wildman–Crippen MR) is 65.2 cm³/mol. The molecule has 3 N–H and O–H groups in total. The van der Waals surface area contributed by atoms with Crippen LogP contribution in [0.15, 0.2) is 34.5 Å². The molecule has 2 rings (SSSR count). The highest BCUT2D eigenvalue weighted by atomic mass is 16.3. The van der Waals surface area contributed by atoms with Crippen molar-refractivity contribution in [3.05, 3.63) is 29.8 Å². The lowest BCUT2D eigenvalue weighted by Crippen LogP contribution is -1.89. The molecular weight excluding hydrogens is 202 g/mol. The molecular formula is C12H13N3O. The average molecular weight is 215 g/mol. The molecule has 0 saturated carbocycles. The number of phenols is 1. The maximum Gasteiger partial charge on any atom is 0.125 e. The molecule has 0 aromatic heterocycles. The molecule has 0 bridgehead atoms. The number of rotatable bonds is 1. The zero-order valence-electron chi connectivity index (χ0n) is 9.23. The van der Waals surface area contributed by atoms with E-state index in [1.54, 1.807) is 19.2 Å². The van der Waals surface area contributed by atoms with E-state index < -0.39 is 0 Å². The van der Waals surface area contributed by atoms with Crippen LogP contribution in [0, 0.1) is 6.92 Å². The minimum Gasteiger partial charge on any atom is -0.507 e. The zero-order valence-corrected chi connectivity index (χ0v) is 9.23. The summed E-state index contributed by atoms with van der Waals surface area (Å²) in [5.41, 5.74) is 7.97. The highest BCUT2D eigenvalue weighted by molar-refractivity contribution is 6.02. The number of hydrogen-bond acceptors (Lipinski definition) is 4. The topological polar surface area (TPSA) is 71.0 Å². The largest absolute Gasteiger partial charge is 0.507 e. The van der Waals surface area contributed by atoms with Crippen LogP contribution in [-0.2, 0) is 0 Å². The van der Waals surface area contributed by atoms with E-state index in [9.17, 15) is 5.11 Å². The first-order chi connectivity index (χ1) is 7.63. The van der Waals surface area contributed by atoms with Crippen LogP contribution in [0.3, 0.4) is 0 Å². The molecule has 4 nitrogen and oxygen atoms in total. The second-order valence-electron chi connectivity index (χ2n) is 3.68. The van der Waals surface area contributed by atoms with Gasteiger partial charge in [-0.2, -0.15) is 10.2 Å². The van der Waals surface area contributed by atoms with E-state index in [1.807, 2.05) is 19.1 Å². The number of aryl methyl sites for hydroxylation is 1. The molecule has 0 fully saturated rings. The normalized spacial score (nSPS) is 11.4. The van der Waals surface area contributed by atoms with E-state index in [-0.39, 0.29) is 5.75 Å². The van der Waals surface area contributed by atoms with E-state index >= 15 is 0 Å². The van der Waals surface area contributed by atoms with Gasteiger partial charge in [-0.25, -0.2) is 0 Å². The van der Waals surface area contributed by atoms with Crippen LogP contribution < -0.4 is 5.73 Å². The lowest BCUT2D eigenvalue weighted by atomic mass is 10.0. The summed E-state index contributed by atoms with van der Waals surface area (Å²) in [6, 6.07) is 7.33. The van der Waals surface area contributed by atoms with Crippen molar-refractivity contribution in [3.8, 4) is 5.75 Å². The van der Waals surface area contributed by atoms with Gasteiger partial charge in [-0.15, -0.1) is 0 Å². The fraction of sp³-hybridized carbons (Fsp3) is 0.167. The first kappa shape index (κ1) is 10.4. The molecule has 0 spiro atoms. The number of fused-ring (bicyclic) bond motifs is 1. The second kappa shape index (κ2) is 3.81. The molecule has 2 aromatic rings. The Morgan fingerprint density at radius 3 is 2.69 bits per heavy atom. The zero-order chi connectivity index (χ0) is 11.7. The lowest BCUT2D eigenvalue weighted by Gasteiger charge is -2.07. The van der Waals surface area contributed by atoms with Crippen molar-refractivity contribution in [2.24, 2.45) is 10.2 Å². The van der Waals surface area contributed by atoms with Crippen molar-refractivity contribution in [2.75, 3.05) is 12.8 Å². The van der Waals surface area contributed by atoms with Crippen LogP contribution in [0.5, 0.6) is 5.75 Å². The third-order valence-electron chi connectivity index (χ3n) is 2.47. The molecule has 4 heteroatoms. The first-order valence-electron chi connectivity index (χ1n) is 4.95. The van der Waals surface area contributed by atoms with Crippen LogP contribution >= 0.6 is 0 Å². The molecule has 0 amide bonds. The Bertz CT molecular complexity index is 576. The molecule has 0 aliphatic heterocycles. The van der Waals surface area contributed by atoms with Gasteiger partial charge in [-0.05, 0) is 30.0 Å². The van der Waals surface area contributed by atoms with Crippen LogP contribution in [0.1, 0.15) is 5.56 Å². The van der Waals surface area contributed by atoms with Gasteiger partial charge >= 0.3 is 0 Å². The van der Waals surface area contributed by atoms with Gasteiger partial charge in [-0.3, -0.25) is 0 Å². The van der Waals surface area contributed by atoms with Gasteiger partial charge in [0.1, 0.15) is 11.4 Å². The van der Waals surface area contributed by atoms with Crippen molar-refractivity contribution in [3.63, 3.8) is 0 Å². The number of phenolic OH excluding ortho intramolecular Hbond substituents is 1. The van der Waals surface area contributed by atoms with E-state index in [0.29, 0.717) is 16.8 Å². The van der Waals surface area contributed by atoms with E-state index in [1.165, 1.54) is 0 Å². The summed E-state index contributed by atoms with van der Waals surface area (Å²) in [5, 5.41) is 19.0. The van der Waals surface area contributed by atoms with Crippen molar-refractivity contribution in [1.29, 1.82) is 0 Å². The first-order valence-corrected chi connectivity index (χ1v) is 4.95. The van der Waals surface area contributed by atoms with Crippen LogP contribution in [0.4, 0.5) is 11.4 Å².